The van der Waals surface area contributed by atoms with Crippen molar-refractivity contribution in [3.8, 4) is 6.07 Å². The van der Waals surface area contributed by atoms with Gasteiger partial charge in [0.25, 0.3) is 0 Å². The third kappa shape index (κ3) is 2.73. The van der Waals surface area contributed by atoms with Crippen molar-refractivity contribution in [3.63, 3.8) is 0 Å². The second kappa shape index (κ2) is 4.13. The molecule has 1 N–H and O–H groups in total. The number of nitrogens with zero attached hydrogens (tertiary/aromatic N) is 1. The van der Waals surface area contributed by atoms with Gasteiger partial charge < -0.3 is 5.32 Å². The van der Waals surface area contributed by atoms with Gasteiger partial charge in [-0.25, -0.2) is 4.39 Å². The van der Waals surface area contributed by atoms with Crippen LogP contribution in [0, 0.1) is 23.1 Å². The molecule has 1 unspecified atom stereocenters. The van der Waals surface area contributed by atoms with Crippen LogP contribution in [0.1, 0.15) is 26.2 Å². The molecule has 0 heterocycles. The minimum absolute atomic E-state index is 0.258. The van der Waals surface area contributed by atoms with Gasteiger partial charge in [-0.15, -0.1) is 0 Å². The number of nitrogens with one attached hydrogen (secondary N) is 1. The Hall–Kier alpha value is -1.56. The van der Waals surface area contributed by atoms with Gasteiger partial charge in [0.05, 0.1) is 6.07 Å². The van der Waals surface area contributed by atoms with Crippen molar-refractivity contribution in [2.24, 2.45) is 5.92 Å². The highest BCUT2D eigenvalue weighted by molar-refractivity contribution is 5.47. The lowest BCUT2D eigenvalue weighted by molar-refractivity contribution is 0.544. The highest BCUT2D eigenvalue weighted by Crippen LogP contribution is 2.37. The first-order valence-electron chi connectivity index (χ1n) is 5.56. The first-order chi connectivity index (χ1) is 7.61. The highest BCUT2D eigenvalue weighted by Gasteiger charge is 2.33. The maximum atomic E-state index is 12.7. The maximum Gasteiger partial charge on any atom is 0.123 e. The molecule has 0 amide bonds. The minimum atomic E-state index is -0.543. The summed E-state index contributed by atoms with van der Waals surface area (Å²) in [4.78, 5) is 0. The molecule has 0 spiro atoms. The fraction of sp³-hybridized carbons (Fsp3) is 0.462. The van der Waals surface area contributed by atoms with Gasteiger partial charge in [-0.1, -0.05) is 12.8 Å². The van der Waals surface area contributed by atoms with Crippen LogP contribution < -0.4 is 5.32 Å². The Morgan fingerprint density at radius 3 is 2.56 bits per heavy atom. The Balaban J connectivity index is 2.05. The van der Waals surface area contributed by atoms with Gasteiger partial charge in [-0.05, 0) is 43.5 Å². The van der Waals surface area contributed by atoms with Gasteiger partial charge in [0, 0.05) is 5.69 Å². The maximum absolute atomic E-state index is 12.7. The Labute approximate surface area is 95.1 Å². The second-order valence-electron chi connectivity index (χ2n) is 4.72. The summed E-state index contributed by atoms with van der Waals surface area (Å²) in [7, 11) is 0. The van der Waals surface area contributed by atoms with Crippen LogP contribution in [0.25, 0.3) is 0 Å². The zero-order valence-electron chi connectivity index (χ0n) is 9.33. The molecule has 1 atom stereocenters. The van der Waals surface area contributed by atoms with E-state index in [2.05, 4.69) is 11.4 Å². The van der Waals surface area contributed by atoms with E-state index in [1.54, 1.807) is 12.1 Å². The van der Waals surface area contributed by atoms with Crippen LogP contribution in [0.4, 0.5) is 10.1 Å². The number of hydrogen-bond acceptors (Lipinski definition) is 2. The zero-order chi connectivity index (χ0) is 11.6. The summed E-state index contributed by atoms with van der Waals surface area (Å²) in [6.45, 7) is 1.90. The van der Waals surface area contributed by atoms with E-state index in [1.807, 2.05) is 6.92 Å². The number of nitriles is 1. The topological polar surface area (TPSA) is 35.8 Å². The summed E-state index contributed by atoms with van der Waals surface area (Å²) in [6, 6.07) is 8.44. The van der Waals surface area contributed by atoms with E-state index in [1.165, 1.54) is 25.0 Å². The van der Waals surface area contributed by atoms with Crippen molar-refractivity contribution in [2.75, 3.05) is 5.32 Å². The molecule has 2 nitrogen and oxygen atoms in total. The number of hydrogen-bond donors (Lipinski definition) is 1. The molecule has 1 saturated carbocycles. The zero-order valence-corrected chi connectivity index (χ0v) is 9.33. The van der Waals surface area contributed by atoms with Crippen molar-refractivity contribution in [3.05, 3.63) is 30.1 Å². The fourth-order valence-corrected chi connectivity index (χ4v) is 1.88. The van der Waals surface area contributed by atoms with Gasteiger partial charge >= 0.3 is 0 Å². The third-order valence-electron chi connectivity index (χ3n) is 2.91. The van der Waals surface area contributed by atoms with Crippen LogP contribution in [0.2, 0.25) is 0 Å². The van der Waals surface area contributed by atoms with Gasteiger partial charge in [-0.2, -0.15) is 5.26 Å². The smallest absolute Gasteiger partial charge is 0.123 e. The Morgan fingerprint density at radius 2 is 2.06 bits per heavy atom. The van der Waals surface area contributed by atoms with Gasteiger partial charge in [0.2, 0.25) is 0 Å². The highest BCUT2D eigenvalue weighted by atomic mass is 19.1. The van der Waals surface area contributed by atoms with E-state index in [4.69, 9.17) is 0 Å². The molecule has 1 aliphatic rings. The van der Waals surface area contributed by atoms with E-state index in [0.29, 0.717) is 5.92 Å². The standard InChI is InChI=1S/C13H15FN2/c1-13(9-15,8-10-2-3-10)16-12-6-4-11(14)5-7-12/h4-7,10,16H,2-3,8H2,1H3. The molecular formula is C13H15FN2. The lowest BCUT2D eigenvalue weighted by Crippen LogP contribution is -2.33. The summed E-state index contributed by atoms with van der Waals surface area (Å²) >= 11 is 0. The molecule has 1 aromatic carbocycles. The van der Waals surface area contributed by atoms with Crippen LogP contribution in [0.15, 0.2) is 24.3 Å². The molecule has 0 aliphatic heterocycles. The van der Waals surface area contributed by atoms with Crippen LogP contribution in [-0.2, 0) is 0 Å². The average molecular weight is 218 g/mol. The molecule has 1 fully saturated rings. The van der Waals surface area contributed by atoms with Crippen LogP contribution >= 0.6 is 0 Å². The first-order valence-corrected chi connectivity index (χ1v) is 5.56. The van der Waals surface area contributed by atoms with E-state index in [-0.39, 0.29) is 5.82 Å². The number of halogens is 1. The number of benzene rings is 1. The summed E-state index contributed by atoms with van der Waals surface area (Å²) in [6.07, 6.45) is 3.31. The molecule has 1 aromatic rings. The lowest BCUT2D eigenvalue weighted by atomic mass is 9.96. The Kier molecular flexibility index (Phi) is 2.82. The third-order valence-corrected chi connectivity index (χ3v) is 2.91. The van der Waals surface area contributed by atoms with Gasteiger partial charge in [0.15, 0.2) is 0 Å². The summed E-state index contributed by atoms with van der Waals surface area (Å²) in [5, 5.41) is 12.4. The molecule has 16 heavy (non-hydrogen) atoms. The van der Waals surface area contributed by atoms with E-state index < -0.39 is 5.54 Å². The van der Waals surface area contributed by atoms with Crippen molar-refractivity contribution in [1.29, 1.82) is 5.26 Å². The Bertz CT molecular complexity index is 403. The van der Waals surface area contributed by atoms with Crippen molar-refractivity contribution < 1.29 is 4.39 Å². The molecule has 3 heteroatoms. The van der Waals surface area contributed by atoms with Crippen LogP contribution in [0.5, 0.6) is 0 Å². The molecular weight excluding hydrogens is 203 g/mol. The molecule has 84 valence electrons. The van der Waals surface area contributed by atoms with Crippen molar-refractivity contribution in [1.82, 2.24) is 0 Å². The summed E-state index contributed by atoms with van der Waals surface area (Å²) in [5.41, 5.74) is 0.255. The second-order valence-corrected chi connectivity index (χ2v) is 4.72. The number of rotatable bonds is 4. The van der Waals surface area contributed by atoms with Crippen molar-refractivity contribution in [2.45, 2.75) is 31.7 Å². The van der Waals surface area contributed by atoms with E-state index >= 15 is 0 Å². The fourth-order valence-electron chi connectivity index (χ4n) is 1.88. The van der Waals surface area contributed by atoms with Crippen LogP contribution in [0.3, 0.4) is 0 Å². The number of anilines is 1. The summed E-state index contributed by atoms with van der Waals surface area (Å²) < 4.78 is 12.7. The van der Waals surface area contributed by atoms with Gasteiger partial charge in [-0.3, -0.25) is 0 Å². The summed E-state index contributed by atoms with van der Waals surface area (Å²) in [5.74, 6) is 0.420. The van der Waals surface area contributed by atoms with Crippen LogP contribution in [-0.4, -0.2) is 5.54 Å². The largest absolute Gasteiger partial charge is 0.368 e. The predicted octanol–water partition coefficient (Wildman–Crippen LogP) is 3.32. The molecule has 0 saturated heterocycles. The molecule has 2 rings (SSSR count). The molecule has 0 bridgehead atoms. The van der Waals surface area contributed by atoms with Crippen molar-refractivity contribution >= 4 is 5.69 Å². The average Bonchev–Trinajstić information content (AvgIpc) is 3.05. The normalized spacial score (nSPS) is 18.6. The quantitative estimate of drug-likeness (QED) is 0.841. The Morgan fingerprint density at radius 1 is 1.44 bits per heavy atom. The van der Waals surface area contributed by atoms with Gasteiger partial charge in [0.1, 0.15) is 11.4 Å². The predicted molar refractivity (Wildman–Crippen MR) is 61.4 cm³/mol. The lowest BCUT2D eigenvalue weighted by Gasteiger charge is -2.24. The molecule has 0 radical (unpaired) electrons. The minimum Gasteiger partial charge on any atom is -0.368 e. The SMILES string of the molecule is CC(C#N)(CC1CC1)Nc1ccc(F)cc1. The first kappa shape index (κ1) is 10.9. The monoisotopic (exact) mass is 218 g/mol. The molecule has 0 aromatic heterocycles. The molecule has 1 aliphatic carbocycles. The van der Waals surface area contributed by atoms with E-state index in [0.717, 1.165) is 12.1 Å². The van der Waals surface area contributed by atoms with E-state index in [9.17, 15) is 9.65 Å².